The molecule has 1 aliphatic rings. The molecule has 1 N–H and O–H groups in total. The van der Waals surface area contributed by atoms with Gasteiger partial charge in [0.2, 0.25) is 0 Å². The van der Waals surface area contributed by atoms with Crippen molar-refractivity contribution in [3.05, 3.63) is 64.3 Å². The molecule has 8 nitrogen and oxygen atoms in total. The van der Waals surface area contributed by atoms with Crippen LogP contribution in [-0.2, 0) is 21.0 Å². The Morgan fingerprint density at radius 1 is 1.18 bits per heavy atom. The first-order valence-electron chi connectivity index (χ1n) is 10.1. The lowest BCUT2D eigenvalue weighted by molar-refractivity contribution is 0.102. The number of thiol groups is 1. The summed E-state index contributed by atoms with van der Waals surface area (Å²) in [7, 11) is -2.61. The van der Waals surface area contributed by atoms with E-state index in [4.69, 9.17) is 16.3 Å². The molecule has 0 fully saturated rings. The third kappa shape index (κ3) is 5.13. The number of rotatable bonds is 5. The maximum Gasteiger partial charge on any atom is 0.259 e. The van der Waals surface area contributed by atoms with Gasteiger partial charge in [-0.25, -0.2) is 18.4 Å². The summed E-state index contributed by atoms with van der Waals surface area (Å²) in [5.41, 5.74) is 4.04. The van der Waals surface area contributed by atoms with Crippen LogP contribution in [-0.4, -0.2) is 48.4 Å². The predicted octanol–water partition coefficient (Wildman–Crippen LogP) is 3.78. The predicted molar refractivity (Wildman–Crippen MR) is 132 cm³/mol. The normalized spacial score (nSPS) is 16.7. The van der Waals surface area contributed by atoms with Gasteiger partial charge in [-0.05, 0) is 42.9 Å². The fraction of sp³-hybridized carbons (Fsp3) is 0.273. The van der Waals surface area contributed by atoms with Crippen molar-refractivity contribution in [1.82, 2.24) is 15.0 Å². The first-order chi connectivity index (χ1) is 15.7. The lowest BCUT2D eigenvalue weighted by atomic mass is 10.0. The Labute approximate surface area is 199 Å². The van der Waals surface area contributed by atoms with Gasteiger partial charge < -0.3 is 10.1 Å². The molecular formula is C22H23ClN4O4S2. The first kappa shape index (κ1) is 23.5. The zero-order valence-corrected chi connectivity index (χ0v) is 20.8. The number of nitrogens with zero attached hydrogens (tertiary/aromatic N) is 3. The van der Waals surface area contributed by atoms with Gasteiger partial charge in [-0.3, -0.25) is 9.78 Å². The van der Waals surface area contributed by atoms with Crippen LogP contribution in [0, 0.1) is 6.92 Å². The molecule has 0 aromatic carbocycles. The Kier molecular flexibility index (Phi) is 6.60. The van der Waals surface area contributed by atoms with Gasteiger partial charge in [0.05, 0.1) is 18.9 Å². The van der Waals surface area contributed by atoms with E-state index in [0.29, 0.717) is 46.2 Å². The quantitative estimate of drug-likeness (QED) is 0.308. The van der Waals surface area contributed by atoms with Crippen LogP contribution in [0.4, 0.5) is 5.82 Å². The molecule has 0 saturated heterocycles. The average molecular weight is 507 g/mol. The number of ether oxygens (including phenoxy) is 1. The van der Waals surface area contributed by atoms with E-state index in [1.165, 1.54) is 25.8 Å². The topological polar surface area (TPSA) is 111 Å². The molecule has 11 heteroatoms. The number of carbonyl (C=O) groups is 1. The summed E-state index contributed by atoms with van der Waals surface area (Å²) in [5.74, 6) is 1.58. The number of amides is 1. The Balaban J connectivity index is 1.64. The number of aromatic nitrogens is 3. The number of nitrogens with one attached hydrogen (secondary N) is 1. The van der Waals surface area contributed by atoms with Crippen molar-refractivity contribution in [3.8, 4) is 16.9 Å². The largest absolute Gasteiger partial charge is 0.494 e. The summed E-state index contributed by atoms with van der Waals surface area (Å²) in [6, 6.07) is 6.97. The van der Waals surface area contributed by atoms with E-state index in [9.17, 15) is 13.2 Å². The van der Waals surface area contributed by atoms with Crippen molar-refractivity contribution in [1.29, 1.82) is 0 Å². The molecule has 1 amide bonds. The number of aryl methyl sites for hydroxylation is 2. The number of methoxy groups -OCH3 is 1. The molecule has 4 rings (SSSR count). The van der Waals surface area contributed by atoms with Crippen LogP contribution in [0.2, 0.25) is 5.15 Å². The third-order valence-electron chi connectivity index (χ3n) is 5.35. The molecule has 0 bridgehead atoms. The van der Waals surface area contributed by atoms with E-state index in [1.54, 1.807) is 18.2 Å². The highest BCUT2D eigenvalue weighted by molar-refractivity contribution is 8.80. The zero-order chi connectivity index (χ0) is 23.8. The number of pyridine rings is 3. The molecule has 4 heterocycles. The summed E-state index contributed by atoms with van der Waals surface area (Å²) >= 11 is 6.10. The van der Waals surface area contributed by atoms with Crippen LogP contribution in [0.5, 0.6) is 5.75 Å². The van der Waals surface area contributed by atoms with Crippen molar-refractivity contribution >= 4 is 42.1 Å². The monoisotopic (exact) mass is 506 g/mol. The van der Waals surface area contributed by atoms with E-state index in [-0.39, 0.29) is 11.1 Å². The van der Waals surface area contributed by atoms with Crippen molar-refractivity contribution in [3.63, 3.8) is 0 Å². The van der Waals surface area contributed by atoms with Gasteiger partial charge in [-0.1, -0.05) is 17.7 Å². The van der Waals surface area contributed by atoms with Gasteiger partial charge in [-0.15, -0.1) is 9.93 Å². The van der Waals surface area contributed by atoms with Gasteiger partial charge in [0.25, 0.3) is 5.91 Å². The fourth-order valence-corrected chi connectivity index (χ4v) is 8.08. The van der Waals surface area contributed by atoms with Gasteiger partial charge in [0.15, 0.2) is 8.87 Å². The maximum absolute atomic E-state index is 13.2. The minimum atomic E-state index is -3.04. The SMILES string of the molecule is COc1cnc(Cl)cc1-c1cc(C)ncc1C(=O)Nc1ccc2c(n1)CC[SH](S(C)(=O)=O)C2. The molecule has 1 atom stereocenters. The van der Waals surface area contributed by atoms with E-state index in [0.717, 1.165) is 17.0 Å². The Hall–Kier alpha value is -2.69. The Morgan fingerprint density at radius 2 is 1.97 bits per heavy atom. The van der Waals surface area contributed by atoms with Crippen molar-refractivity contribution in [2.75, 3.05) is 24.4 Å². The van der Waals surface area contributed by atoms with Crippen LogP contribution >= 0.6 is 21.5 Å². The molecule has 0 aliphatic carbocycles. The first-order valence-corrected chi connectivity index (χ1v) is 14.7. The van der Waals surface area contributed by atoms with Gasteiger partial charge in [-0.2, -0.15) is 0 Å². The van der Waals surface area contributed by atoms with Crippen LogP contribution in [0.3, 0.4) is 0 Å². The second-order valence-corrected chi connectivity index (χ2v) is 14.8. The second kappa shape index (κ2) is 9.28. The van der Waals surface area contributed by atoms with Gasteiger partial charge in [0, 0.05) is 40.7 Å². The van der Waals surface area contributed by atoms with Crippen molar-refractivity contribution in [2.45, 2.75) is 19.1 Å². The summed E-state index contributed by atoms with van der Waals surface area (Å²) < 4.78 is 29.3. The van der Waals surface area contributed by atoms with Gasteiger partial charge >= 0.3 is 0 Å². The number of anilines is 1. The Bertz CT molecular complexity index is 1350. The van der Waals surface area contributed by atoms with E-state index in [2.05, 4.69) is 20.3 Å². The van der Waals surface area contributed by atoms with Crippen LogP contribution < -0.4 is 10.1 Å². The van der Waals surface area contributed by atoms with Crippen LogP contribution in [0.15, 0.2) is 36.7 Å². The Morgan fingerprint density at radius 3 is 2.70 bits per heavy atom. The fourth-order valence-electron chi connectivity index (χ4n) is 3.68. The molecule has 174 valence electrons. The molecule has 1 aliphatic heterocycles. The van der Waals surface area contributed by atoms with E-state index >= 15 is 0 Å². The van der Waals surface area contributed by atoms with Crippen LogP contribution in [0.1, 0.15) is 27.3 Å². The lowest BCUT2D eigenvalue weighted by Gasteiger charge is -2.26. The van der Waals surface area contributed by atoms with E-state index < -0.39 is 18.8 Å². The number of halogens is 1. The molecule has 0 spiro atoms. The average Bonchev–Trinajstić information content (AvgIpc) is 2.77. The summed E-state index contributed by atoms with van der Waals surface area (Å²) in [5, 5.41) is 3.11. The summed E-state index contributed by atoms with van der Waals surface area (Å²) in [4.78, 5) is 26.1. The minimum Gasteiger partial charge on any atom is -0.494 e. The van der Waals surface area contributed by atoms with Crippen molar-refractivity contribution < 1.29 is 17.9 Å². The highest BCUT2D eigenvalue weighted by Crippen LogP contribution is 2.41. The van der Waals surface area contributed by atoms with E-state index in [1.807, 2.05) is 13.0 Å². The zero-order valence-electron chi connectivity index (χ0n) is 18.3. The highest BCUT2D eigenvalue weighted by Gasteiger charge is 2.24. The summed E-state index contributed by atoms with van der Waals surface area (Å²) in [6.07, 6.45) is 4.88. The second-order valence-electron chi connectivity index (χ2n) is 7.68. The third-order valence-corrected chi connectivity index (χ3v) is 11.7. The highest BCUT2D eigenvalue weighted by atomic mass is 35.5. The van der Waals surface area contributed by atoms with Crippen molar-refractivity contribution in [2.24, 2.45) is 0 Å². The minimum absolute atomic E-state index is 0.275. The van der Waals surface area contributed by atoms with Gasteiger partial charge in [0.1, 0.15) is 16.7 Å². The standard InChI is InChI=1S/C22H23ClN4O4S2/c1-13-8-15(16-9-20(23)25-11-19(16)31-2)17(10-24-13)22(28)27-21-5-4-14-12-32(33(3,29)30)7-6-18(14)26-21/h4-5,8-11,32H,6-7,12H2,1-3H3,(H,26,27,28). The molecule has 33 heavy (non-hydrogen) atoms. The van der Waals surface area contributed by atoms with Crippen LogP contribution in [0.25, 0.3) is 11.1 Å². The maximum atomic E-state index is 13.2. The summed E-state index contributed by atoms with van der Waals surface area (Å²) in [6.45, 7) is 1.83. The lowest BCUT2D eigenvalue weighted by Crippen LogP contribution is -2.18. The number of carbonyl (C=O) groups excluding carboxylic acids is 1. The molecule has 0 saturated carbocycles. The molecular weight excluding hydrogens is 484 g/mol. The number of hydrogen-bond donors (Lipinski definition) is 2. The molecule has 3 aromatic rings. The molecule has 1 unspecified atom stereocenters. The smallest absolute Gasteiger partial charge is 0.259 e. The molecule has 3 aromatic heterocycles. The number of hydrogen-bond acceptors (Lipinski definition) is 7. The number of fused-ring (bicyclic) bond motifs is 1. The molecule has 0 radical (unpaired) electrons.